The standard InChI is InChI=1S/C26H31N3O4/c1-17(2)16-23(29-25(31)21-6-4-5-7-22(21)26(29)32)24(30)27-18-12-14-28(15-13-18)19-8-10-20(33-3)11-9-19/h4-11,17-18,23H,12-16H2,1-3H3,(H,27,30). The summed E-state index contributed by atoms with van der Waals surface area (Å²) in [4.78, 5) is 42.7. The van der Waals surface area contributed by atoms with Gasteiger partial charge in [0.1, 0.15) is 11.8 Å². The Morgan fingerprint density at radius 1 is 1.00 bits per heavy atom. The van der Waals surface area contributed by atoms with Crippen LogP contribution in [-0.4, -0.2) is 54.9 Å². The molecule has 1 saturated heterocycles. The molecule has 2 aliphatic rings. The van der Waals surface area contributed by atoms with Crippen molar-refractivity contribution in [3.8, 4) is 5.75 Å². The first-order chi connectivity index (χ1) is 15.9. The first-order valence-electron chi connectivity index (χ1n) is 11.5. The molecule has 0 saturated carbocycles. The van der Waals surface area contributed by atoms with Crippen molar-refractivity contribution in [1.82, 2.24) is 10.2 Å². The van der Waals surface area contributed by atoms with Gasteiger partial charge in [0.25, 0.3) is 11.8 Å². The number of amides is 3. The van der Waals surface area contributed by atoms with E-state index >= 15 is 0 Å². The largest absolute Gasteiger partial charge is 0.497 e. The lowest BCUT2D eigenvalue weighted by molar-refractivity contribution is -0.126. The van der Waals surface area contributed by atoms with Crippen LogP contribution in [0.1, 0.15) is 53.8 Å². The number of piperidine rings is 1. The van der Waals surface area contributed by atoms with Crippen LogP contribution in [0.25, 0.3) is 0 Å². The topological polar surface area (TPSA) is 79.0 Å². The first kappa shape index (κ1) is 22.8. The number of hydrogen-bond acceptors (Lipinski definition) is 5. The Bertz CT molecular complexity index is 991. The van der Waals surface area contributed by atoms with Gasteiger partial charge in [-0.25, -0.2) is 0 Å². The minimum Gasteiger partial charge on any atom is -0.497 e. The van der Waals surface area contributed by atoms with Crippen LogP contribution in [0.5, 0.6) is 5.75 Å². The normalized spacial score (nSPS) is 17.3. The lowest BCUT2D eigenvalue weighted by atomic mass is 9.99. The van der Waals surface area contributed by atoms with Gasteiger partial charge in [0.15, 0.2) is 0 Å². The van der Waals surface area contributed by atoms with E-state index in [-0.39, 0.29) is 29.7 Å². The average molecular weight is 450 g/mol. The Balaban J connectivity index is 1.41. The second-order valence-electron chi connectivity index (χ2n) is 9.14. The van der Waals surface area contributed by atoms with Gasteiger partial charge in [0.2, 0.25) is 5.91 Å². The molecule has 1 N–H and O–H groups in total. The molecule has 7 heteroatoms. The number of rotatable bonds is 7. The van der Waals surface area contributed by atoms with Crippen molar-refractivity contribution in [3.63, 3.8) is 0 Å². The lowest BCUT2D eigenvalue weighted by Gasteiger charge is -2.35. The van der Waals surface area contributed by atoms with Gasteiger partial charge in [-0.15, -0.1) is 0 Å². The van der Waals surface area contributed by atoms with Crippen molar-refractivity contribution in [3.05, 3.63) is 59.7 Å². The molecule has 0 radical (unpaired) electrons. The van der Waals surface area contributed by atoms with Crippen LogP contribution in [0, 0.1) is 5.92 Å². The Kier molecular flexibility index (Phi) is 6.67. The van der Waals surface area contributed by atoms with Crippen LogP contribution in [0.4, 0.5) is 5.69 Å². The van der Waals surface area contributed by atoms with Crippen molar-refractivity contribution in [2.75, 3.05) is 25.1 Å². The minimum atomic E-state index is -0.808. The molecule has 2 aliphatic heterocycles. The highest BCUT2D eigenvalue weighted by molar-refractivity contribution is 6.22. The monoisotopic (exact) mass is 449 g/mol. The van der Waals surface area contributed by atoms with Gasteiger partial charge in [-0.3, -0.25) is 19.3 Å². The zero-order chi connectivity index (χ0) is 23.5. The van der Waals surface area contributed by atoms with E-state index in [1.165, 1.54) is 0 Å². The Hall–Kier alpha value is -3.35. The molecule has 33 heavy (non-hydrogen) atoms. The second-order valence-corrected chi connectivity index (χ2v) is 9.14. The fourth-order valence-corrected chi connectivity index (χ4v) is 4.64. The van der Waals surface area contributed by atoms with Gasteiger partial charge in [-0.1, -0.05) is 26.0 Å². The summed E-state index contributed by atoms with van der Waals surface area (Å²) in [5, 5.41) is 3.13. The molecule has 1 fully saturated rings. The summed E-state index contributed by atoms with van der Waals surface area (Å²) in [6.45, 7) is 5.62. The quantitative estimate of drug-likeness (QED) is 0.655. The van der Waals surface area contributed by atoms with Gasteiger partial charge < -0.3 is 15.0 Å². The summed E-state index contributed by atoms with van der Waals surface area (Å²) in [5.74, 6) is -0.0372. The number of carbonyl (C=O) groups excluding carboxylic acids is 3. The van der Waals surface area contributed by atoms with Gasteiger partial charge in [0, 0.05) is 24.8 Å². The second kappa shape index (κ2) is 9.65. The molecular formula is C26H31N3O4. The molecule has 7 nitrogen and oxygen atoms in total. The zero-order valence-corrected chi connectivity index (χ0v) is 19.4. The van der Waals surface area contributed by atoms with E-state index in [0.717, 1.165) is 42.3 Å². The number of anilines is 1. The number of benzene rings is 2. The van der Waals surface area contributed by atoms with Gasteiger partial charge >= 0.3 is 0 Å². The van der Waals surface area contributed by atoms with Crippen molar-refractivity contribution in [2.24, 2.45) is 5.92 Å². The number of methoxy groups -OCH3 is 1. The number of carbonyl (C=O) groups is 3. The van der Waals surface area contributed by atoms with Gasteiger partial charge in [-0.05, 0) is 61.6 Å². The highest BCUT2D eigenvalue weighted by atomic mass is 16.5. The summed E-state index contributed by atoms with van der Waals surface area (Å²) >= 11 is 0. The van der Waals surface area contributed by atoms with Gasteiger partial charge in [-0.2, -0.15) is 0 Å². The lowest BCUT2D eigenvalue weighted by Crippen LogP contribution is -2.54. The van der Waals surface area contributed by atoms with E-state index in [4.69, 9.17) is 4.74 Å². The van der Waals surface area contributed by atoms with Crippen LogP contribution < -0.4 is 15.0 Å². The van der Waals surface area contributed by atoms with Crippen LogP contribution in [0.2, 0.25) is 0 Å². The molecule has 1 atom stereocenters. The Morgan fingerprint density at radius 2 is 1.58 bits per heavy atom. The van der Waals surface area contributed by atoms with Crippen molar-refractivity contribution in [1.29, 1.82) is 0 Å². The molecular weight excluding hydrogens is 418 g/mol. The Morgan fingerprint density at radius 3 is 2.09 bits per heavy atom. The van der Waals surface area contributed by atoms with Crippen molar-refractivity contribution < 1.29 is 19.1 Å². The molecule has 0 aromatic heterocycles. The number of hydrogen-bond donors (Lipinski definition) is 1. The molecule has 0 bridgehead atoms. The van der Waals surface area contributed by atoms with Crippen molar-refractivity contribution in [2.45, 2.75) is 45.2 Å². The fraction of sp³-hybridized carbons (Fsp3) is 0.423. The maximum absolute atomic E-state index is 13.3. The maximum atomic E-state index is 13.3. The molecule has 2 aromatic carbocycles. The van der Waals surface area contributed by atoms with Crippen LogP contribution in [-0.2, 0) is 4.79 Å². The minimum absolute atomic E-state index is 0.0110. The smallest absolute Gasteiger partial charge is 0.262 e. The number of nitrogens with zero attached hydrogens (tertiary/aromatic N) is 2. The van der Waals surface area contributed by atoms with Crippen molar-refractivity contribution >= 4 is 23.4 Å². The van der Waals surface area contributed by atoms with Crippen LogP contribution in [0.15, 0.2) is 48.5 Å². The molecule has 0 spiro atoms. The first-order valence-corrected chi connectivity index (χ1v) is 11.5. The predicted octanol–water partition coefficient (Wildman–Crippen LogP) is 3.49. The van der Waals surface area contributed by atoms with Crippen LogP contribution in [0.3, 0.4) is 0 Å². The maximum Gasteiger partial charge on any atom is 0.262 e. The third-order valence-electron chi connectivity index (χ3n) is 6.41. The fourth-order valence-electron chi connectivity index (χ4n) is 4.64. The number of imide groups is 1. The highest BCUT2D eigenvalue weighted by Gasteiger charge is 2.43. The van der Waals surface area contributed by atoms with E-state index in [1.54, 1.807) is 31.4 Å². The highest BCUT2D eigenvalue weighted by Crippen LogP contribution is 2.28. The third-order valence-corrected chi connectivity index (χ3v) is 6.41. The van der Waals surface area contributed by atoms with E-state index in [0.29, 0.717) is 17.5 Å². The number of nitrogens with one attached hydrogen (secondary N) is 1. The summed E-state index contributed by atoms with van der Waals surface area (Å²) in [7, 11) is 1.65. The molecule has 4 rings (SSSR count). The SMILES string of the molecule is COc1ccc(N2CCC(NC(=O)C(CC(C)C)N3C(=O)c4ccccc4C3=O)CC2)cc1. The molecule has 2 aromatic rings. The van der Waals surface area contributed by atoms with E-state index < -0.39 is 6.04 Å². The molecule has 3 amide bonds. The summed E-state index contributed by atoms with van der Waals surface area (Å²) in [6.07, 6.45) is 2.03. The Labute approximate surface area is 194 Å². The molecule has 1 unspecified atom stereocenters. The number of fused-ring (bicyclic) bond motifs is 1. The zero-order valence-electron chi connectivity index (χ0n) is 19.4. The third kappa shape index (κ3) is 4.72. The van der Waals surface area contributed by atoms with E-state index in [1.807, 2.05) is 38.1 Å². The average Bonchev–Trinajstić information content (AvgIpc) is 3.08. The molecule has 0 aliphatic carbocycles. The number of ether oxygens (including phenoxy) is 1. The summed E-state index contributed by atoms with van der Waals surface area (Å²) in [6, 6.07) is 13.9. The summed E-state index contributed by atoms with van der Waals surface area (Å²) in [5.41, 5.74) is 1.87. The summed E-state index contributed by atoms with van der Waals surface area (Å²) < 4.78 is 5.23. The molecule has 174 valence electrons. The predicted molar refractivity (Wildman–Crippen MR) is 127 cm³/mol. The molecule has 2 heterocycles. The van der Waals surface area contributed by atoms with Crippen LogP contribution >= 0.6 is 0 Å². The van der Waals surface area contributed by atoms with Gasteiger partial charge in [0.05, 0.1) is 18.2 Å². The van der Waals surface area contributed by atoms with E-state index in [2.05, 4.69) is 10.2 Å². The van der Waals surface area contributed by atoms with E-state index in [9.17, 15) is 14.4 Å².